The summed E-state index contributed by atoms with van der Waals surface area (Å²) in [7, 11) is -3.93. The predicted molar refractivity (Wildman–Crippen MR) is 85.8 cm³/mol. The van der Waals surface area contributed by atoms with Gasteiger partial charge in [0, 0.05) is 11.0 Å². The van der Waals surface area contributed by atoms with Crippen molar-refractivity contribution in [3.05, 3.63) is 57.8 Å². The van der Waals surface area contributed by atoms with E-state index < -0.39 is 15.8 Å². The zero-order chi connectivity index (χ0) is 15.6. The van der Waals surface area contributed by atoms with Gasteiger partial charge in [-0.2, -0.15) is 0 Å². The van der Waals surface area contributed by atoms with Crippen LogP contribution in [0.3, 0.4) is 0 Å². The van der Waals surface area contributed by atoms with Crippen LogP contribution in [-0.4, -0.2) is 15.0 Å². The lowest BCUT2D eigenvalue weighted by Crippen LogP contribution is -2.31. The van der Waals surface area contributed by atoms with Gasteiger partial charge in [-0.1, -0.05) is 39.7 Å². The quantitative estimate of drug-likeness (QED) is 0.770. The van der Waals surface area contributed by atoms with Crippen LogP contribution < -0.4 is 4.31 Å². The van der Waals surface area contributed by atoms with Crippen LogP contribution in [0.2, 0.25) is 5.02 Å². The molecule has 0 saturated heterocycles. The zero-order valence-electron chi connectivity index (χ0n) is 11.1. The van der Waals surface area contributed by atoms with E-state index in [0.29, 0.717) is 4.47 Å². The number of rotatable bonds is 4. The van der Waals surface area contributed by atoms with Crippen molar-refractivity contribution in [3.8, 4) is 0 Å². The molecule has 0 N–H and O–H groups in total. The van der Waals surface area contributed by atoms with Crippen molar-refractivity contribution in [2.45, 2.75) is 11.8 Å². The Morgan fingerprint density at radius 3 is 2.48 bits per heavy atom. The van der Waals surface area contributed by atoms with Gasteiger partial charge >= 0.3 is 0 Å². The Labute approximate surface area is 136 Å². The van der Waals surface area contributed by atoms with E-state index in [1.54, 1.807) is 19.1 Å². The van der Waals surface area contributed by atoms with Crippen molar-refractivity contribution in [1.29, 1.82) is 0 Å². The first-order chi connectivity index (χ1) is 9.87. The first kappa shape index (κ1) is 16.3. The van der Waals surface area contributed by atoms with E-state index in [9.17, 15) is 12.8 Å². The maximum absolute atomic E-state index is 13.9. The molecule has 0 saturated carbocycles. The molecule has 0 aromatic heterocycles. The molecular formula is C14H12BrClFNO2S. The minimum Gasteiger partial charge on any atom is -0.264 e. The molecule has 21 heavy (non-hydrogen) atoms. The molecule has 0 heterocycles. The second kappa shape index (κ2) is 6.34. The summed E-state index contributed by atoms with van der Waals surface area (Å²) in [5.74, 6) is -0.601. The number of hydrogen-bond donors (Lipinski definition) is 0. The second-order valence-electron chi connectivity index (χ2n) is 4.20. The third-order valence-corrected chi connectivity index (χ3v) is 5.74. The van der Waals surface area contributed by atoms with Crippen LogP contribution in [0.5, 0.6) is 0 Å². The lowest BCUT2D eigenvalue weighted by atomic mass is 10.3. The zero-order valence-corrected chi connectivity index (χ0v) is 14.2. The lowest BCUT2D eigenvalue weighted by Gasteiger charge is -2.23. The molecule has 0 unspecified atom stereocenters. The van der Waals surface area contributed by atoms with Crippen LogP contribution in [0.25, 0.3) is 0 Å². The largest absolute Gasteiger partial charge is 0.265 e. The normalized spacial score (nSPS) is 11.4. The summed E-state index contributed by atoms with van der Waals surface area (Å²) in [6, 6.07) is 10.2. The molecule has 2 aromatic carbocycles. The average Bonchev–Trinajstić information content (AvgIpc) is 2.41. The molecule has 0 bridgehead atoms. The number of nitrogens with zero attached hydrogens (tertiary/aromatic N) is 1. The van der Waals surface area contributed by atoms with Gasteiger partial charge in [0.15, 0.2) is 0 Å². The Bertz CT molecular complexity index is 767. The van der Waals surface area contributed by atoms with Crippen LogP contribution in [0, 0.1) is 5.82 Å². The van der Waals surface area contributed by atoms with Crippen molar-refractivity contribution in [2.24, 2.45) is 0 Å². The fourth-order valence-corrected chi connectivity index (χ4v) is 4.42. The van der Waals surface area contributed by atoms with E-state index in [1.807, 2.05) is 0 Å². The maximum atomic E-state index is 13.9. The number of para-hydroxylation sites is 1. The van der Waals surface area contributed by atoms with Gasteiger partial charge in [-0.3, -0.25) is 4.31 Å². The number of anilines is 1. The highest BCUT2D eigenvalue weighted by Crippen LogP contribution is 2.31. The third kappa shape index (κ3) is 3.22. The summed E-state index contributed by atoms with van der Waals surface area (Å²) in [5.41, 5.74) is -0.000939. The van der Waals surface area contributed by atoms with Crippen LogP contribution >= 0.6 is 27.5 Å². The second-order valence-corrected chi connectivity index (χ2v) is 7.35. The van der Waals surface area contributed by atoms with Gasteiger partial charge in [0.05, 0.1) is 10.7 Å². The fourth-order valence-electron chi connectivity index (χ4n) is 1.93. The van der Waals surface area contributed by atoms with Gasteiger partial charge in [-0.05, 0) is 37.3 Å². The highest BCUT2D eigenvalue weighted by Gasteiger charge is 2.27. The number of benzene rings is 2. The van der Waals surface area contributed by atoms with Gasteiger partial charge in [0.1, 0.15) is 10.7 Å². The molecule has 0 fully saturated rings. The molecule has 0 spiro atoms. The van der Waals surface area contributed by atoms with Gasteiger partial charge in [0.2, 0.25) is 0 Å². The molecular weight excluding hydrogens is 381 g/mol. The molecule has 2 aromatic rings. The van der Waals surface area contributed by atoms with Gasteiger partial charge in [-0.15, -0.1) is 0 Å². The Hall–Kier alpha value is -1.11. The molecule has 0 aliphatic rings. The summed E-state index contributed by atoms with van der Waals surface area (Å²) < 4.78 is 41.0. The molecule has 0 aliphatic carbocycles. The first-order valence-electron chi connectivity index (χ1n) is 6.10. The number of halogens is 3. The van der Waals surface area contributed by atoms with Crippen LogP contribution in [0.15, 0.2) is 51.8 Å². The van der Waals surface area contributed by atoms with Gasteiger partial charge < -0.3 is 0 Å². The first-order valence-corrected chi connectivity index (χ1v) is 8.71. The lowest BCUT2D eigenvalue weighted by molar-refractivity contribution is 0.586. The SMILES string of the molecule is CCN(c1ccccc1F)S(=O)(=O)c1ccc(Br)cc1Cl. The van der Waals surface area contributed by atoms with Crippen molar-refractivity contribution < 1.29 is 12.8 Å². The molecule has 7 heteroatoms. The molecule has 2 rings (SSSR count). The molecule has 0 amide bonds. The van der Waals surface area contributed by atoms with E-state index in [-0.39, 0.29) is 22.2 Å². The van der Waals surface area contributed by atoms with E-state index >= 15 is 0 Å². The average molecular weight is 393 g/mol. The van der Waals surface area contributed by atoms with E-state index in [0.717, 1.165) is 4.31 Å². The Balaban J connectivity index is 2.58. The molecule has 0 atom stereocenters. The van der Waals surface area contributed by atoms with E-state index in [1.165, 1.54) is 30.3 Å². The topological polar surface area (TPSA) is 37.4 Å². The van der Waals surface area contributed by atoms with Crippen molar-refractivity contribution in [3.63, 3.8) is 0 Å². The van der Waals surface area contributed by atoms with E-state index in [2.05, 4.69) is 15.9 Å². The Morgan fingerprint density at radius 1 is 1.24 bits per heavy atom. The number of sulfonamides is 1. The van der Waals surface area contributed by atoms with Gasteiger partial charge in [-0.25, -0.2) is 12.8 Å². The number of hydrogen-bond acceptors (Lipinski definition) is 2. The van der Waals surface area contributed by atoms with E-state index in [4.69, 9.17) is 11.6 Å². The third-order valence-electron chi connectivity index (χ3n) is 2.87. The molecule has 0 aliphatic heterocycles. The fraction of sp³-hybridized carbons (Fsp3) is 0.143. The van der Waals surface area contributed by atoms with Crippen LogP contribution in [-0.2, 0) is 10.0 Å². The minimum absolute atomic E-state index is 0.000939. The smallest absolute Gasteiger partial charge is 0.264 e. The molecule has 0 radical (unpaired) electrons. The Kier molecular flexibility index (Phi) is 4.91. The standard InChI is InChI=1S/C14H12BrClFNO2S/c1-2-18(13-6-4-3-5-12(13)17)21(19,20)14-8-7-10(15)9-11(14)16/h3-9H,2H2,1H3. The highest BCUT2D eigenvalue weighted by molar-refractivity contribution is 9.10. The van der Waals surface area contributed by atoms with Gasteiger partial charge in [0.25, 0.3) is 10.0 Å². The van der Waals surface area contributed by atoms with Crippen molar-refractivity contribution in [1.82, 2.24) is 0 Å². The van der Waals surface area contributed by atoms with Crippen LogP contribution in [0.1, 0.15) is 6.92 Å². The van der Waals surface area contributed by atoms with Crippen molar-refractivity contribution in [2.75, 3.05) is 10.8 Å². The summed E-state index contributed by atoms with van der Waals surface area (Å²) in [5, 5.41) is 0.0826. The molecule has 3 nitrogen and oxygen atoms in total. The highest BCUT2D eigenvalue weighted by atomic mass is 79.9. The molecule has 112 valence electrons. The van der Waals surface area contributed by atoms with Crippen LogP contribution in [0.4, 0.5) is 10.1 Å². The van der Waals surface area contributed by atoms with Crippen molar-refractivity contribution >= 4 is 43.2 Å². The summed E-state index contributed by atoms with van der Waals surface area (Å²) in [6.45, 7) is 1.73. The minimum atomic E-state index is -3.93. The predicted octanol–water partition coefficient (Wildman–Crippen LogP) is 4.46. The summed E-state index contributed by atoms with van der Waals surface area (Å²) in [6.07, 6.45) is 0. The summed E-state index contributed by atoms with van der Waals surface area (Å²) in [4.78, 5) is -0.0579. The maximum Gasteiger partial charge on any atom is 0.265 e. The Morgan fingerprint density at radius 2 is 1.90 bits per heavy atom. The summed E-state index contributed by atoms with van der Waals surface area (Å²) >= 11 is 9.23. The monoisotopic (exact) mass is 391 g/mol.